The van der Waals surface area contributed by atoms with Crippen LogP contribution in [0.4, 0.5) is 0 Å². The lowest BCUT2D eigenvalue weighted by Gasteiger charge is -2.43. The number of nitrogens with zero attached hydrogens (tertiary/aromatic N) is 1. The molecule has 0 bridgehead atoms. The van der Waals surface area contributed by atoms with E-state index in [9.17, 15) is 34.8 Å². The quantitative estimate of drug-likeness (QED) is 0.236. The molecule has 0 saturated heterocycles. The molecule has 38 heavy (non-hydrogen) atoms. The van der Waals surface area contributed by atoms with E-state index in [1.54, 1.807) is 18.2 Å². The van der Waals surface area contributed by atoms with Crippen molar-refractivity contribution in [2.45, 2.75) is 24.9 Å². The van der Waals surface area contributed by atoms with Gasteiger partial charge in [0.1, 0.15) is 12.6 Å². The second-order valence-electron chi connectivity index (χ2n) is 8.79. The summed E-state index contributed by atoms with van der Waals surface area (Å²) in [5.41, 5.74) is 1.60. The van der Waals surface area contributed by atoms with E-state index in [1.807, 2.05) is 0 Å². The number of halogens is 1. The third kappa shape index (κ3) is 5.30. The summed E-state index contributed by atoms with van der Waals surface area (Å²) in [5, 5.41) is 42.9. The Kier molecular flexibility index (Phi) is 7.63. The first-order valence-corrected chi connectivity index (χ1v) is 12.0. The molecule has 1 heterocycles. The van der Waals surface area contributed by atoms with Gasteiger partial charge >= 0.3 is 5.97 Å². The van der Waals surface area contributed by atoms with Crippen molar-refractivity contribution in [3.8, 4) is 23.0 Å². The number of aromatic hydroxyl groups is 4. The van der Waals surface area contributed by atoms with E-state index in [2.05, 4.69) is 10.1 Å². The molecular formula is C27H25ClN2O8. The Hall–Kier alpha value is -4.44. The molecule has 3 aromatic carbocycles. The van der Waals surface area contributed by atoms with Crippen LogP contribution in [0.15, 0.2) is 54.6 Å². The van der Waals surface area contributed by atoms with Gasteiger partial charge in [0.25, 0.3) is 5.91 Å². The van der Waals surface area contributed by atoms with Gasteiger partial charge in [0.2, 0.25) is 5.91 Å². The number of methoxy groups -OCH3 is 1. The average molecular weight is 541 g/mol. The van der Waals surface area contributed by atoms with E-state index in [0.29, 0.717) is 16.7 Å². The summed E-state index contributed by atoms with van der Waals surface area (Å²) in [4.78, 5) is 40.4. The van der Waals surface area contributed by atoms with E-state index < -0.39 is 47.9 Å². The zero-order chi connectivity index (χ0) is 27.6. The molecule has 4 rings (SSSR count). The largest absolute Gasteiger partial charge is 0.504 e. The molecule has 5 N–H and O–H groups in total. The maximum atomic E-state index is 14.0. The van der Waals surface area contributed by atoms with Gasteiger partial charge in [-0.1, -0.05) is 29.8 Å². The number of ether oxygens (including phenoxy) is 1. The first-order chi connectivity index (χ1) is 18.1. The Morgan fingerprint density at radius 2 is 1.66 bits per heavy atom. The first-order valence-electron chi connectivity index (χ1n) is 11.6. The fourth-order valence-electron chi connectivity index (χ4n) is 4.55. The predicted octanol–water partition coefficient (Wildman–Crippen LogP) is 2.80. The lowest BCUT2D eigenvalue weighted by atomic mass is 9.83. The van der Waals surface area contributed by atoms with E-state index >= 15 is 0 Å². The maximum absolute atomic E-state index is 14.0. The first kappa shape index (κ1) is 26.6. The van der Waals surface area contributed by atoms with Crippen molar-refractivity contribution in [3.63, 3.8) is 0 Å². The Morgan fingerprint density at radius 3 is 2.34 bits per heavy atom. The summed E-state index contributed by atoms with van der Waals surface area (Å²) in [6, 6.07) is 11.1. The molecule has 0 spiro atoms. The molecule has 0 unspecified atom stereocenters. The molecule has 2 amide bonds. The number of carbonyl (C=O) groups is 3. The van der Waals surface area contributed by atoms with E-state index in [4.69, 9.17) is 11.6 Å². The molecule has 198 valence electrons. The molecule has 0 radical (unpaired) electrons. The number of phenols is 4. The SMILES string of the molecule is COC(=O)CNC(=O)[C@@H]1Cc2cc(O)c(O)cc2[C@H](Cc2ccc(O)c(O)c2)N1C(=O)c1ccccc1Cl. The number of fused-ring (bicyclic) bond motifs is 1. The molecule has 3 aromatic rings. The number of esters is 1. The zero-order valence-electron chi connectivity index (χ0n) is 20.2. The molecule has 0 fully saturated rings. The summed E-state index contributed by atoms with van der Waals surface area (Å²) in [6.45, 7) is -0.426. The fraction of sp³-hybridized carbons (Fsp3) is 0.222. The van der Waals surface area contributed by atoms with Gasteiger partial charge in [-0.3, -0.25) is 14.4 Å². The summed E-state index contributed by atoms with van der Waals surface area (Å²) < 4.78 is 4.60. The van der Waals surface area contributed by atoms with Gasteiger partial charge in [0.15, 0.2) is 23.0 Å². The predicted molar refractivity (Wildman–Crippen MR) is 136 cm³/mol. The van der Waals surface area contributed by atoms with Crippen LogP contribution in [0.3, 0.4) is 0 Å². The number of carbonyl (C=O) groups excluding carboxylic acids is 3. The molecule has 2 atom stereocenters. The van der Waals surface area contributed by atoms with E-state index in [0.717, 1.165) is 0 Å². The van der Waals surface area contributed by atoms with Crippen LogP contribution in [0.25, 0.3) is 0 Å². The number of nitrogens with one attached hydrogen (secondary N) is 1. The van der Waals surface area contributed by atoms with Gasteiger partial charge in [-0.15, -0.1) is 0 Å². The van der Waals surface area contributed by atoms with Crippen molar-refractivity contribution < 1.29 is 39.5 Å². The van der Waals surface area contributed by atoms with Gasteiger partial charge < -0.3 is 35.4 Å². The topological polar surface area (TPSA) is 157 Å². The monoisotopic (exact) mass is 540 g/mol. The molecule has 0 saturated carbocycles. The number of hydrogen-bond acceptors (Lipinski definition) is 8. The summed E-state index contributed by atoms with van der Waals surface area (Å²) in [7, 11) is 1.18. The maximum Gasteiger partial charge on any atom is 0.325 e. The minimum Gasteiger partial charge on any atom is -0.504 e. The van der Waals surface area contributed by atoms with Crippen LogP contribution < -0.4 is 5.32 Å². The lowest BCUT2D eigenvalue weighted by molar-refractivity contribution is -0.141. The number of phenolic OH excluding ortho intramolecular Hbond substituents is 4. The number of hydrogen-bond donors (Lipinski definition) is 5. The van der Waals surface area contributed by atoms with Crippen LogP contribution in [-0.2, 0) is 27.2 Å². The van der Waals surface area contributed by atoms with Crippen LogP contribution in [0.5, 0.6) is 23.0 Å². The highest BCUT2D eigenvalue weighted by Crippen LogP contribution is 2.42. The number of rotatable bonds is 6. The minimum atomic E-state index is -1.14. The molecule has 11 heteroatoms. The van der Waals surface area contributed by atoms with Gasteiger partial charge in [-0.2, -0.15) is 0 Å². The lowest BCUT2D eigenvalue weighted by Crippen LogP contribution is -2.55. The van der Waals surface area contributed by atoms with Crippen molar-refractivity contribution in [2.24, 2.45) is 0 Å². The Bertz CT molecular complexity index is 1410. The normalized spacial score (nSPS) is 16.4. The highest BCUT2D eigenvalue weighted by Gasteiger charge is 2.42. The standard InChI is InChI=1S/C27H25ClN2O8/c1-38-25(35)13-29-26(36)20-10-15-11-23(33)24(34)12-17(15)19(8-14-6-7-21(31)22(32)9-14)30(20)27(37)16-4-2-3-5-18(16)28/h2-7,9,11-12,19-20,31-34H,8,10,13H2,1H3,(H,29,36)/t19-,20-/m0/s1. The third-order valence-corrected chi connectivity index (χ3v) is 6.75. The molecule has 0 aliphatic carbocycles. The Morgan fingerprint density at radius 1 is 0.974 bits per heavy atom. The van der Waals surface area contributed by atoms with Crippen LogP contribution in [0.1, 0.15) is 33.1 Å². The molecule has 10 nitrogen and oxygen atoms in total. The zero-order valence-corrected chi connectivity index (χ0v) is 21.0. The fourth-order valence-corrected chi connectivity index (χ4v) is 4.77. The summed E-state index contributed by atoms with van der Waals surface area (Å²) in [5.74, 6) is -3.43. The van der Waals surface area contributed by atoms with Gasteiger partial charge in [0.05, 0.1) is 23.7 Å². The van der Waals surface area contributed by atoms with Crippen molar-refractivity contribution in [1.82, 2.24) is 10.2 Å². The highest BCUT2D eigenvalue weighted by molar-refractivity contribution is 6.33. The van der Waals surface area contributed by atoms with Gasteiger partial charge in [0, 0.05) is 6.42 Å². The highest BCUT2D eigenvalue weighted by atomic mass is 35.5. The second-order valence-corrected chi connectivity index (χ2v) is 9.20. The minimum absolute atomic E-state index is 0.0380. The van der Waals surface area contributed by atoms with Gasteiger partial charge in [-0.25, -0.2) is 0 Å². The van der Waals surface area contributed by atoms with E-state index in [-0.39, 0.29) is 34.9 Å². The van der Waals surface area contributed by atoms with Crippen LogP contribution in [0, 0.1) is 0 Å². The van der Waals surface area contributed by atoms with E-state index in [1.165, 1.54) is 48.4 Å². The Balaban J connectivity index is 1.86. The van der Waals surface area contributed by atoms with Crippen molar-refractivity contribution >= 4 is 29.4 Å². The van der Waals surface area contributed by atoms with Crippen LogP contribution >= 0.6 is 11.6 Å². The second kappa shape index (κ2) is 10.9. The van der Waals surface area contributed by atoms with Crippen molar-refractivity contribution in [3.05, 3.63) is 81.9 Å². The van der Waals surface area contributed by atoms with Crippen molar-refractivity contribution in [2.75, 3.05) is 13.7 Å². The number of benzene rings is 3. The van der Waals surface area contributed by atoms with Crippen LogP contribution in [0.2, 0.25) is 5.02 Å². The third-order valence-electron chi connectivity index (χ3n) is 6.43. The average Bonchev–Trinajstić information content (AvgIpc) is 2.89. The molecule has 1 aliphatic rings. The molecular weight excluding hydrogens is 516 g/mol. The molecule has 1 aliphatic heterocycles. The Labute approximate surface area is 222 Å². The molecule has 0 aromatic heterocycles. The summed E-state index contributed by atoms with van der Waals surface area (Å²) in [6.07, 6.45) is 0.0196. The number of amides is 2. The van der Waals surface area contributed by atoms with Crippen LogP contribution in [-0.4, -0.2) is 62.8 Å². The summed E-state index contributed by atoms with van der Waals surface area (Å²) >= 11 is 6.34. The van der Waals surface area contributed by atoms with Gasteiger partial charge in [-0.05, 0) is 59.5 Å². The van der Waals surface area contributed by atoms with Crippen molar-refractivity contribution in [1.29, 1.82) is 0 Å². The smallest absolute Gasteiger partial charge is 0.325 e.